The smallest absolute Gasteiger partial charge is 0.463 e. The molecule has 2 N–H and O–H groups in total. The first-order valence-corrected chi connectivity index (χ1v) is 5.41. The number of alkyl halides is 3. The Morgan fingerprint density at radius 3 is 2.42 bits per heavy atom. The van der Waals surface area contributed by atoms with Crippen molar-refractivity contribution in [2.75, 3.05) is 26.4 Å². The summed E-state index contributed by atoms with van der Waals surface area (Å²) in [5, 5.41) is 10.2. The first-order valence-electron chi connectivity index (χ1n) is 5.41. The minimum absolute atomic E-state index is 0.0514. The molecule has 0 unspecified atom stereocenters. The van der Waals surface area contributed by atoms with E-state index in [0.29, 0.717) is 13.2 Å². The summed E-state index contributed by atoms with van der Waals surface area (Å²) < 4.78 is 45.6. The Morgan fingerprint density at radius 1 is 1.47 bits per heavy atom. The summed E-state index contributed by atoms with van der Waals surface area (Å²) in [4.78, 5) is 22.1. The van der Waals surface area contributed by atoms with Crippen molar-refractivity contribution in [3.8, 4) is 0 Å². The van der Waals surface area contributed by atoms with E-state index in [1.165, 1.54) is 5.32 Å². The molecule has 19 heavy (non-hydrogen) atoms. The fourth-order valence-corrected chi connectivity index (χ4v) is 1.30. The molecule has 1 saturated heterocycles. The lowest BCUT2D eigenvalue weighted by molar-refractivity contribution is -0.179. The van der Waals surface area contributed by atoms with Crippen molar-refractivity contribution in [2.45, 2.75) is 19.1 Å². The van der Waals surface area contributed by atoms with Crippen LogP contribution in [0.4, 0.5) is 13.2 Å². The number of aliphatic hydroxyl groups is 1. The van der Waals surface area contributed by atoms with Gasteiger partial charge in [0.25, 0.3) is 0 Å². The number of amides is 1. The molecule has 1 heterocycles. The molecule has 0 radical (unpaired) electrons. The lowest BCUT2D eigenvalue weighted by atomic mass is 9.90. The molecular weight excluding hydrogens is 271 g/mol. The standard InChI is InChI=1S/C10H14F3NO5/c1-9(3-18-4-9)5-19-7(16)6(2-15)14-8(17)10(11,12)13/h6,15H,2-5H2,1H3,(H,14,17)/t6-/m0/s1. The molecule has 0 bridgehead atoms. The van der Waals surface area contributed by atoms with Gasteiger partial charge in [0.15, 0.2) is 6.04 Å². The molecule has 110 valence electrons. The summed E-state index contributed by atoms with van der Waals surface area (Å²) in [5.41, 5.74) is -0.371. The van der Waals surface area contributed by atoms with Gasteiger partial charge >= 0.3 is 18.1 Å². The van der Waals surface area contributed by atoms with E-state index in [-0.39, 0.29) is 12.0 Å². The van der Waals surface area contributed by atoms with Crippen LogP contribution in [0.3, 0.4) is 0 Å². The van der Waals surface area contributed by atoms with Gasteiger partial charge in [0.05, 0.1) is 19.8 Å². The van der Waals surface area contributed by atoms with Gasteiger partial charge in [-0.3, -0.25) is 4.79 Å². The molecule has 0 spiro atoms. The molecule has 1 aliphatic heterocycles. The quantitative estimate of drug-likeness (QED) is 0.672. The van der Waals surface area contributed by atoms with Crippen molar-refractivity contribution in [2.24, 2.45) is 5.41 Å². The van der Waals surface area contributed by atoms with Gasteiger partial charge in [-0.1, -0.05) is 6.92 Å². The molecule has 6 nitrogen and oxygen atoms in total. The Hall–Kier alpha value is -1.35. The Kier molecular flexibility index (Phi) is 4.75. The number of carbonyl (C=O) groups is 2. The van der Waals surface area contributed by atoms with Crippen molar-refractivity contribution in [1.29, 1.82) is 0 Å². The summed E-state index contributed by atoms with van der Waals surface area (Å²) in [6, 6.07) is -1.74. The summed E-state index contributed by atoms with van der Waals surface area (Å²) in [7, 11) is 0. The van der Waals surface area contributed by atoms with E-state index in [1.54, 1.807) is 6.92 Å². The zero-order chi connectivity index (χ0) is 14.7. The number of nitrogens with one attached hydrogen (secondary N) is 1. The summed E-state index contributed by atoms with van der Waals surface area (Å²) >= 11 is 0. The predicted molar refractivity (Wildman–Crippen MR) is 55.0 cm³/mol. The predicted octanol–water partition coefficient (Wildman–Crippen LogP) is -0.395. The first kappa shape index (κ1) is 15.7. The molecule has 0 aliphatic carbocycles. The molecule has 9 heteroatoms. The van der Waals surface area contributed by atoms with E-state index in [2.05, 4.69) is 0 Å². The van der Waals surface area contributed by atoms with Crippen LogP contribution in [0.5, 0.6) is 0 Å². The Labute approximate surface area is 106 Å². The second kappa shape index (κ2) is 5.74. The summed E-state index contributed by atoms with van der Waals surface area (Å²) in [6.45, 7) is 1.49. The molecule has 0 aromatic rings. The zero-order valence-corrected chi connectivity index (χ0v) is 10.1. The van der Waals surface area contributed by atoms with E-state index >= 15 is 0 Å². The van der Waals surface area contributed by atoms with Gasteiger partial charge < -0.3 is 19.9 Å². The summed E-state index contributed by atoms with van der Waals surface area (Å²) in [6.07, 6.45) is -5.12. The van der Waals surface area contributed by atoms with Crippen LogP contribution in [0.2, 0.25) is 0 Å². The fourth-order valence-electron chi connectivity index (χ4n) is 1.30. The largest absolute Gasteiger partial charge is 0.471 e. The maximum Gasteiger partial charge on any atom is 0.471 e. The van der Waals surface area contributed by atoms with Gasteiger partial charge in [-0.2, -0.15) is 13.2 Å². The van der Waals surface area contributed by atoms with E-state index < -0.39 is 30.7 Å². The second-order valence-corrected chi connectivity index (χ2v) is 4.62. The molecule has 1 atom stereocenters. The molecule has 1 rings (SSSR count). The van der Waals surface area contributed by atoms with Gasteiger partial charge in [-0.25, -0.2) is 4.79 Å². The van der Waals surface area contributed by atoms with Crippen LogP contribution < -0.4 is 5.32 Å². The normalized spacial score (nSPS) is 19.2. The number of rotatable bonds is 5. The van der Waals surface area contributed by atoms with Gasteiger partial charge in [0, 0.05) is 5.41 Å². The highest BCUT2D eigenvalue weighted by Crippen LogP contribution is 2.26. The van der Waals surface area contributed by atoms with Gasteiger partial charge in [0.1, 0.15) is 6.61 Å². The number of aliphatic hydroxyl groups excluding tert-OH is 1. The topological polar surface area (TPSA) is 84.9 Å². The van der Waals surface area contributed by atoms with Crippen molar-refractivity contribution >= 4 is 11.9 Å². The zero-order valence-electron chi connectivity index (χ0n) is 10.1. The maximum absolute atomic E-state index is 12.0. The molecular formula is C10H14F3NO5. The van der Waals surface area contributed by atoms with Crippen molar-refractivity contribution in [3.63, 3.8) is 0 Å². The minimum atomic E-state index is -5.12. The van der Waals surface area contributed by atoms with Crippen LogP contribution in [-0.2, 0) is 19.1 Å². The molecule has 1 amide bonds. The van der Waals surface area contributed by atoms with Crippen LogP contribution in [0.25, 0.3) is 0 Å². The van der Waals surface area contributed by atoms with Crippen LogP contribution in [-0.4, -0.2) is 55.6 Å². The second-order valence-electron chi connectivity index (χ2n) is 4.62. The molecule has 0 aromatic carbocycles. The number of halogens is 3. The van der Waals surface area contributed by atoms with E-state index in [9.17, 15) is 22.8 Å². The molecule has 1 fully saturated rings. The monoisotopic (exact) mass is 285 g/mol. The number of carbonyl (C=O) groups excluding carboxylic acids is 2. The average molecular weight is 285 g/mol. The van der Waals surface area contributed by atoms with E-state index in [4.69, 9.17) is 14.6 Å². The van der Waals surface area contributed by atoms with Crippen molar-refractivity contribution in [3.05, 3.63) is 0 Å². The highest BCUT2D eigenvalue weighted by Gasteiger charge is 2.41. The van der Waals surface area contributed by atoms with Crippen molar-refractivity contribution in [1.82, 2.24) is 5.32 Å². The average Bonchev–Trinajstić information content (AvgIpc) is 2.28. The van der Waals surface area contributed by atoms with Crippen LogP contribution in [0.1, 0.15) is 6.92 Å². The SMILES string of the molecule is CC1(COC(=O)[C@H](CO)NC(=O)C(F)(F)F)COC1. The Morgan fingerprint density at radius 2 is 2.05 bits per heavy atom. The van der Waals surface area contributed by atoms with Crippen LogP contribution >= 0.6 is 0 Å². The maximum atomic E-state index is 12.0. The fraction of sp³-hybridized carbons (Fsp3) is 0.800. The van der Waals surface area contributed by atoms with E-state index in [0.717, 1.165) is 0 Å². The van der Waals surface area contributed by atoms with Gasteiger partial charge in [-0.15, -0.1) is 0 Å². The first-order chi connectivity index (χ1) is 8.68. The lowest BCUT2D eigenvalue weighted by Gasteiger charge is -2.37. The third-order valence-electron chi connectivity index (χ3n) is 2.49. The number of hydrogen-bond donors (Lipinski definition) is 2. The number of ether oxygens (including phenoxy) is 2. The van der Waals surface area contributed by atoms with E-state index in [1.807, 2.05) is 0 Å². The van der Waals surface area contributed by atoms with Crippen LogP contribution in [0, 0.1) is 5.41 Å². The highest BCUT2D eigenvalue weighted by molar-refractivity contribution is 5.87. The highest BCUT2D eigenvalue weighted by atomic mass is 19.4. The molecule has 1 aliphatic rings. The Bertz CT molecular complexity index is 354. The third kappa shape index (κ3) is 4.35. The van der Waals surface area contributed by atoms with Gasteiger partial charge in [0.2, 0.25) is 0 Å². The molecule has 0 saturated carbocycles. The van der Waals surface area contributed by atoms with Crippen molar-refractivity contribution < 1.29 is 37.3 Å². The minimum Gasteiger partial charge on any atom is -0.463 e. The Balaban J connectivity index is 2.45. The summed E-state index contributed by atoms with van der Waals surface area (Å²) in [5.74, 6) is -3.42. The van der Waals surface area contributed by atoms with Gasteiger partial charge in [-0.05, 0) is 0 Å². The third-order valence-corrected chi connectivity index (χ3v) is 2.49. The number of hydrogen-bond acceptors (Lipinski definition) is 5. The molecule has 0 aromatic heterocycles. The number of esters is 1. The lowest BCUT2D eigenvalue weighted by Crippen LogP contribution is -2.51. The van der Waals surface area contributed by atoms with Crippen LogP contribution in [0.15, 0.2) is 0 Å².